The standard InChI is InChI=1S/C25H23N3O3S2/c1-16-3-5-17(6-4-16)14-26-23(29)15-32-25-28-21-12-9-19(13-22(21)33-25)27-24(30)18-7-10-20(31-2)11-8-18/h3-13H,14-15H2,1-2H3,(H,26,29)(H,27,30). The Morgan fingerprint density at radius 2 is 1.79 bits per heavy atom. The third kappa shape index (κ3) is 6.12. The molecule has 1 heterocycles. The first-order valence-electron chi connectivity index (χ1n) is 10.3. The fourth-order valence-electron chi connectivity index (χ4n) is 3.07. The van der Waals surface area contributed by atoms with E-state index < -0.39 is 0 Å². The summed E-state index contributed by atoms with van der Waals surface area (Å²) in [6.45, 7) is 2.55. The average Bonchev–Trinajstić information content (AvgIpc) is 3.24. The molecule has 4 rings (SSSR count). The fraction of sp³-hybridized carbons (Fsp3) is 0.160. The minimum absolute atomic E-state index is 0.0349. The zero-order valence-corrected chi connectivity index (χ0v) is 19.9. The number of aromatic nitrogens is 1. The van der Waals surface area contributed by atoms with Gasteiger partial charge in [-0.2, -0.15) is 0 Å². The van der Waals surface area contributed by atoms with E-state index in [0.717, 1.165) is 20.1 Å². The Kier molecular flexibility index (Phi) is 7.26. The third-order valence-corrected chi connectivity index (χ3v) is 7.08. The zero-order chi connectivity index (χ0) is 23.2. The van der Waals surface area contributed by atoms with Crippen LogP contribution in [0, 0.1) is 6.92 Å². The minimum atomic E-state index is -0.193. The highest BCUT2D eigenvalue weighted by molar-refractivity contribution is 8.01. The molecule has 0 saturated carbocycles. The fourth-order valence-corrected chi connectivity index (χ4v) is 5.01. The molecule has 6 nitrogen and oxygen atoms in total. The van der Waals surface area contributed by atoms with Crippen molar-refractivity contribution in [1.29, 1.82) is 0 Å². The number of carbonyl (C=O) groups is 2. The molecule has 0 saturated heterocycles. The third-order valence-electron chi connectivity index (χ3n) is 4.92. The van der Waals surface area contributed by atoms with Crippen LogP contribution in [0.3, 0.4) is 0 Å². The van der Waals surface area contributed by atoms with Gasteiger partial charge in [-0.05, 0) is 55.0 Å². The molecule has 33 heavy (non-hydrogen) atoms. The lowest BCUT2D eigenvalue weighted by atomic mass is 10.1. The van der Waals surface area contributed by atoms with Crippen LogP contribution in [0.2, 0.25) is 0 Å². The number of thiazole rings is 1. The number of methoxy groups -OCH3 is 1. The summed E-state index contributed by atoms with van der Waals surface area (Å²) in [5.41, 5.74) is 4.35. The van der Waals surface area contributed by atoms with Gasteiger partial charge in [-0.25, -0.2) is 4.98 Å². The number of aryl methyl sites for hydroxylation is 1. The van der Waals surface area contributed by atoms with E-state index in [0.29, 0.717) is 29.3 Å². The van der Waals surface area contributed by atoms with Crippen molar-refractivity contribution in [3.05, 3.63) is 83.4 Å². The molecule has 0 unspecified atom stereocenters. The number of rotatable bonds is 8. The molecule has 1 aromatic heterocycles. The SMILES string of the molecule is COc1ccc(C(=O)Nc2ccc3nc(SCC(=O)NCc4ccc(C)cc4)sc3c2)cc1. The zero-order valence-electron chi connectivity index (χ0n) is 18.3. The highest BCUT2D eigenvalue weighted by Gasteiger charge is 2.11. The summed E-state index contributed by atoms with van der Waals surface area (Å²) in [4.78, 5) is 29.3. The number of thioether (sulfide) groups is 1. The van der Waals surface area contributed by atoms with E-state index in [9.17, 15) is 9.59 Å². The maximum absolute atomic E-state index is 12.5. The van der Waals surface area contributed by atoms with Gasteiger partial charge in [0, 0.05) is 17.8 Å². The number of amides is 2. The van der Waals surface area contributed by atoms with E-state index in [1.54, 1.807) is 31.4 Å². The van der Waals surface area contributed by atoms with E-state index in [-0.39, 0.29) is 11.8 Å². The lowest BCUT2D eigenvalue weighted by molar-refractivity contribution is -0.118. The lowest BCUT2D eigenvalue weighted by Crippen LogP contribution is -2.24. The maximum atomic E-state index is 12.5. The van der Waals surface area contributed by atoms with Crippen LogP contribution < -0.4 is 15.4 Å². The lowest BCUT2D eigenvalue weighted by Gasteiger charge is -2.06. The van der Waals surface area contributed by atoms with E-state index in [1.165, 1.54) is 28.7 Å². The van der Waals surface area contributed by atoms with Gasteiger partial charge in [0.2, 0.25) is 5.91 Å². The molecule has 0 atom stereocenters. The summed E-state index contributed by atoms with van der Waals surface area (Å²) >= 11 is 2.91. The first-order chi connectivity index (χ1) is 16.0. The van der Waals surface area contributed by atoms with Crippen LogP contribution in [0.1, 0.15) is 21.5 Å². The number of carbonyl (C=O) groups excluding carboxylic acids is 2. The molecule has 0 aliphatic rings. The van der Waals surface area contributed by atoms with Gasteiger partial charge < -0.3 is 15.4 Å². The Labute approximate surface area is 200 Å². The maximum Gasteiger partial charge on any atom is 0.255 e. The Bertz CT molecular complexity index is 1270. The first-order valence-corrected chi connectivity index (χ1v) is 12.1. The summed E-state index contributed by atoms with van der Waals surface area (Å²) in [6.07, 6.45) is 0. The van der Waals surface area contributed by atoms with Gasteiger partial charge in [0.05, 0.1) is 23.1 Å². The van der Waals surface area contributed by atoms with Crippen LogP contribution in [-0.4, -0.2) is 29.7 Å². The van der Waals surface area contributed by atoms with E-state index in [2.05, 4.69) is 15.6 Å². The number of ether oxygens (including phenoxy) is 1. The Morgan fingerprint density at radius 3 is 2.52 bits per heavy atom. The number of hydrogen-bond acceptors (Lipinski definition) is 6. The first kappa shape index (κ1) is 22.8. The molecule has 4 aromatic rings. The summed E-state index contributed by atoms with van der Waals surface area (Å²) in [6, 6.07) is 20.6. The Balaban J connectivity index is 1.32. The van der Waals surface area contributed by atoms with Gasteiger partial charge >= 0.3 is 0 Å². The molecule has 2 amide bonds. The molecule has 0 bridgehead atoms. The number of benzene rings is 3. The number of hydrogen-bond donors (Lipinski definition) is 2. The largest absolute Gasteiger partial charge is 0.497 e. The molecule has 0 aliphatic heterocycles. The summed E-state index contributed by atoms with van der Waals surface area (Å²) in [5.74, 6) is 0.771. The van der Waals surface area contributed by atoms with Crippen molar-refractivity contribution >= 4 is 50.8 Å². The summed E-state index contributed by atoms with van der Waals surface area (Å²) < 4.78 is 6.89. The van der Waals surface area contributed by atoms with Crippen molar-refractivity contribution in [1.82, 2.24) is 10.3 Å². The number of nitrogens with zero attached hydrogens (tertiary/aromatic N) is 1. The monoisotopic (exact) mass is 477 g/mol. The van der Waals surface area contributed by atoms with E-state index in [1.807, 2.05) is 49.4 Å². The van der Waals surface area contributed by atoms with Gasteiger partial charge in [-0.15, -0.1) is 11.3 Å². The van der Waals surface area contributed by atoms with Crippen molar-refractivity contribution < 1.29 is 14.3 Å². The number of anilines is 1. The van der Waals surface area contributed by atoms with Gasteiger partial charge in [-0.1, -0.05) is 41.6 Å². The van der Waals surface area contributed by atoms with Gasteiger partial charge in [0.15, 0.2) is 4.34 Å². The molecule has 0 spiro atoms. The topological polar surface area (TPSA) is 80.3 Å². The van der Waals surface area contributed by atoms with E-state index in [4.69, 9.17) is 4.74 Å². The molecule has 168 valence electrons. The highest BCUT2D eigenvalue weighted by atomic mass is 32.2. The molecule has 0 aliphatic carbocycles. The van der Waals surface area contributed by atoms with Gasteiger partial charge in [0.25, 0.3) is 5.91 Å². The van der Waals surface area contributed by atoms with Gasteiger partial charge in [-0.3, -0.25) is 9.59 Å². The van der Waals surface area contributed by atoms with Crippen LogP contribution in [0.4, 0.5) is 5.69 Å². The van der Waals surface area contributed by atoms with Crippen LogP contribution in [0.5, 0.6) is 5.75 Å². The molecule has 3 aromatic carbocycles. The molecule has 0 fully saturated rings. The Morgan fingerprint density at radius 1 is 1.03 bits per heavy atom. The molecule has 8 heteroatoms. The Hall–Kier alpha value is -3.36. The van der Waals surface area contributed by atoms with Crippen molar-refractivity contribution in [3.8, 4) is 5.75 Å². The summed E-state index contributed by atoms with van der Waals surface area (Å²) in [5, 5.41) is 5.85. The predicted molar refractivity (Wildman–Crippen MR) is 134 cm³/mol. The smallest absolute Gasteiger partial charge is 0.255 e. The second-order valence-corrected chi connectivity index (χ2v) is 9.65. The van der Waals surface area contributed by atoms with Crippen LogP contribution in [-0.2, 0) is 11.3 Å². The molecule has 2 N–H and O–H groups in total. The number of fused-ring (bicyclic) bond motifs is 1. The molecule has 0 radical (unpaired) electrons. The average molecular weight is 478 g/mol. The van der Waals surface area contributed by atoms with E-state index >= 15 is 0 Å². The van der Waals surface area contributed by atoms with Crippen molar-refractivity contribution in [3.63, 3.8) is 0 Å². The summed E-state index contributed by atoms with van der Waals surface area (Å²) in [7, 11) is 1.59. The predicted octanol–water partition coefficient (Wildman–Crippen LogP) is 5.27. The van der Waals surface area contributed by atoms with Crippen LogP contribution in [0.25, 0.3) is 10.2 Å². The molecular weight excluding hydrogens is 454 g/mol. The highest BCUT2D eigenvalue weighted by Crippen LogP contribution is 2.31. The quantitative estimate of drug-likeness (QED) is 0.338. The second-order valence-electron chi connectivity index (χ2n) is 7.40. The van der Waals surface area contributed by atoms with Crippen LogP contribution >= 0.6 is 23.1 Å². The van der Waals surface area contributed by atoms with Crippen LogP contribution in [0.15, 0.2) is 71.1 Å². The van der Waals surface area contributed by atoms with Crippen molar-refractivity contribution in [2.75, 3.05) is 18.2 Å². The minimum Gasteiger partial charge on any atom is -0.497 e. The number of nitrogens with one attached hydrogen (secondary N) is 2. The second kappa shape index (κ2) is 10.5. The normalized spacial score (nSPS) is 10.7. The van der Waals surface area contributed by atoms with Crippen molar-refractivity contribution in [2.45, 2.75) is 17.8 Å². The van der Waals surface area contributed by atoms with Crippen molar-refractivity contribution in [2.24, 2.45) is 0 Å². The van der Waals surface area contributed by atoms with Gasteiger partial charge in [0.1, 0.15) is 5.75 Å². The molecular formula is C25H23N3O3S2.